The first-order valence-corrected chi connectivity index (χ1v) is 6.93. The Balaban J connectivity index is 2.20. The first-order chi connectivity index (χ1) is 11.3. The number of aromatic nitrogens is 1. The summed E-state index contributed by atoms with van der Waals surface area (Å²) in [6, 6.07) is 6.63. The average molecular weight is 338 g/mol. The molecular formula is C16H13F3N2O3. The molecule has 0 spiro atoms. The van der Waals surface area contributed by atoms with Crippen LogP contribution in [-0.2, 0) is 10.9 Å². The summed E-state index contributed by atoms with van der Waals surface area (Å²) in [5.74, 6) is -1.37. The Morgan fingerprint density at radius 1 is 1.17 bits per heavy atom. The van der Waals surface area contributed by atoms with Crippen LogP contribution in [0.25, 0.3) is 0 Å². The lowest BCUT2D eigenvalue weighted by atomic mass is 10.1. The van der Waals surface area contributed by atoms with E-state index >= 15 is 0 Å². The van der Waals surface area contributed by atoms with Crippen LogP contribution in [-0.4, -0.2) is 23.5 Å². The molecule has 0 saturated carbocycles. The van der Waals surface area contributed by atoms with Gasteiger partial charge in [-0.05, 0) is 43.3 Å². The smallest absolute Gasteiger partial charge is 0.416 e. The van der Waals surface area contributed by atoms with Gasteiger partial charge in [0.05, 0.1) is 12.2 Å². The fraction of sp³-hybridized carbons (Fsp3) is 0.188. The number of carbonyl (C=O) groups excluding carboxylic acids is 2. The van der Waals surface area contributed by atoms with E-state index in [4.69, 9.17) is 4.74 Å². The SMILES string of the molecule is CCOC(=O)c1cccnc1NC(=O)c1ccc(C(F)(F)F)cc1. The van der Waals surface area contributed by atoms with Gasteiger partial charge in [0.15, 0.2) is 0 Å². The van der Waals surface area contributed by atoms with Crippen LogP contribution in [0.3, 0.4) is 0 Å². The van der Waals surface area contributed by atoms with Gasteiger partial charge < -0.3 is 10.1 Å². The Morgan fingerprint density at radius 2 is 1.83 bits per heavy atom. The molecule has 1 heterocycles. The maximum absolute atomic E-state index is 12.5. The molecule has 0 fully saturated rings. The lowest BCUT2D eigenvalue weighted by Crippen LogP contribution is -2.17. The van der Waals surface area contributed by atoms with Gasteiger partial charge >= 0.3 is 12.1 Å². The number of hydrogen-bond donors (Lipinski definition) is 1. The third kappa shape index (κ3) is 4.09. The molecule has 5 nitrogen and oxygen atoms in total. The molecule has 8 heteroatoms. The van der Waals surface area contributed by atoms with Crippen LogP contribution < -0.4 is 5.32 Å². The number of carbonyl (C=O) groups is 2. The quantitative estimate of drug-likeness (QED) is 0.866. The lowest BCUT2D eigenvalue weighted by Gasteiger charge is -2.10. The molecule has 0 aliphatic carbocycles. The summed E-state index contributed by atoms with van der Waals surface area (Å²) < 4.78 is 42.4. The second kappa shape index (κ2) is 7.12. The van der Waals surface area contributed by atoms with Gasteiger partial charge in [-0.25, -0.2) is 9.78 Å². The van der Waals surface area contributed by atoms with Crippen molar-refractivity contribution in [1.29, 1.82) is 0 Å². The van der Waals surface area contributed by atoms with E-state index in [1.54, 1.807) is 6.92 Å². The van der Waals surface area contributed by atoms with Crippen molar-refractivity contribution < 1.29 is 27.5 Å². The number of nitrogens with zero attached hydrogens (tertiary/aromatic N) is 1. The van der Waals surface area contributed by atoms with Crippen LogP contribution in [0.5, 0.6) is 0 Å². The summed E-state index contributed by atoms with van der Waals surface area (Å²) >= 11 is 0. The number of rotatable bonds is 4. The maximum atomic E-state index is 12.5. The molecule has 0 aliphatic rings. The molecule has 1 aromatic carbocycles. The van der Waals surface area contributed by atoms with Gasteiger partial charge in [0.25, 0.3) is 5.91 Å². The highest BCUT2D eigenvalue weighted by Gasteiger charge is 2.30. The minimum Gasteiger partial charge on any atom is -0.462 e. The zero-order chi connectivity index (χ0) is 17.7. The number of pyridine rings is 1. The van der Waals surface area contributed by atoms with Gasteiger partial charge in [0.1, 0.15) is 11.4 Å². The molecule has 0 aliphatic heterocycles. The van der Waals surface area contributed by atoms with Crippen molar-refractivity contribution in [1.82, 2.24) is 4.98 Å². The summed E-state index contributed by atoms with van der Waals surface area (Å²) in [4.78, 5) is 27.8. The van der Waals surface area contributed by atoms with E-state index in [0.717, 1.165) is 24.3 Å². The Hall–Kier alpha value is -2.90. The van der Waals surface area contributed by atoms with Gasteiger partial charge in [-0.15, -0.1) is 0 Å². The molecule has 2 rings (SSSR count). The summed E-state index contributed by atoms with van der Waals surface area (Å²) in [6.45, 7) is 1.79. The van der Waals surface area contributed by atoms with Crippen molar-refractivity contribution in [3.05, 3.63) is 59.3 Å². The minimum atomic E-state index is -4.48. The molecule has 0 unspecified atom stereocenters. The molecule has 0 atom stereocenters. The van der Waals surface area contributed by atoms with Crippen LogP contribution in [0.4, 0.5) is 19.0 Å². The predicted octanol–water partition coefficient (Wildman–Crippen LogP) is 3.53. The number of benzene rings is 1. The van der Waals surface area contributed by atoms with Crippen LogP contribution >= 0.6 is 0 Å². The normalized spacial score (nSPS) is 11.0. The monoisotopic (exact) mass is 338 g/mol. The number of halogens is 3. The molecule has 126 valence electrons. The Morgan fingerprint density at radius 3 is 2.42 bits per heavy atom. The zero-order valence-corrected chi connectivity index (χ0v) is 12.6. The van der Waals surface area contributed by atoms with Crippen molar-refractivity contribution >= 4 is 17.7 Å². The zero-order valence-electron chi connectivity index (χ0n) is 12.6. The van der Waals surface area contributed by atoms with Crippen molar-refractivity contribution in [3.63, 3.8) is 0 Å². The molecule has 2 aromatic rings. The molecule has 0 saturated heterocycles. The molecule has 24 heavy (non-hydrogen) atoms. The lowest BCUT2D eigenvalue weighted by molar-refractivity contribution is -0.137. The second-order valence-corrected chi connectivity index (χ2v) is 4.65. The van der Waals surface area contributed by atoms with E-state index < -0.39 is 23.6 Å². The number of ether oxygens (including phenoxy) is 1. The number of anilines is 1. The maximum Gasteiger partial charge on any atom is 0.416 e. The van der Waals surface area contributed by atoms with E-state index in [9.17, 15) is 22.8 Å². The third-order valence-corrected chi connectivity index (χ3v) is 3.01. The van der Waals surface area contributed by atoms with E-state index in [0.29, 0.717) is 0 Å². The summed E-state index contributed by atoms with van der Waals surface area (Å²) in [6.07, 6.45) is -3.11. The van der Waals surface area contributed by atoms with Crippen molar-refractivity contribution in [2.24, 2.45) is 0 Å². The predicted molar refractivity (Wildman–Crippen MR) is 79.6 cm³/mol. The highest BCUT2D eigenvalue weighted by Crippen LogP contribution is 2.29. The van der Waals surface area contributed by atoms with Crippen molar-refractivity contribution in [2.75, 3.05) is 11.9 Å². The van der Waals surface area contributed by atoms with Gasteiger partial charge in [-0.1, -0.05) is 0 Å². The number of hydrogen-bond acceptors (Lipinski definition) is 4. The van der Waals surface area contributed by atoms with Crippen molar-refractivity contribution in [3.8, 4) is 0 Å². The number of esters is 1. The molecule has 1 amide bonds. The Kier molecular flexibility index (Phi) is 5.18. The molecular weight excluding hydrogens is 325 g/mol. The number of alkyl halides is 3. The van der Waals surface area contributed by atoms with E-state index in [2.05, 4.69) is 10.3 Å². The minimum absolute atomic E-state index is 0.00321. The van der Waals surface area contributed by atoms with E-state index in [1.807, 2.05) is 0 Å². The largest absolute Gasteiger partial charge is 0.462 e. The van der Waals surface area contributed by atoms with Gasteiger partial charge in [-0.3, -0.25) is 4.79 Å². The Bertz CT molecular complexity index is 743. The highest BCUT2D eigenvalue weighted by atomic mass is 19.4. The topological polar surface area (TPSA) is 68.3 Å². The third-order valence-electron chi connectivity index (χ3n) is 3.01. The van der Waals surface area contributed by atoms with Crippen LogP contribution in [0.15, 0.2) is 42.6 Å². The van der Waals surface area contributed by atoms with E-state index in [-0.39, 0.29) is 23.6 Å². The Labute approximate surface area is 135 Å². The van der Waals surface area contributed by atoms with Crippen molar-refractivity contribution in [2.45, 2.75) is 13.1 Å². The first-order valence-electron chi connectivity index (χ1n) is 6.93. The molecule has 0 bridgehead atoms. The highest BCUT2D eigenvalue weighted by molar-refractivity contribution is 6.07. The van der Waals surface area contributed by atoms with Gasteiger partial charge in [0.2, 0.25) is 0 Å². The van der Waals surface area contributed by atoms with E-state index in [1.165, 1.54) is 18.3 Å². The summed E-state index contributed by atoms with van der Waals surface area (Å²) in [7, 11) is 0. The summed E-state index contributed by atoms with van der Waals surface area (Å²) in [5.41, 5.74) is -0.799. The van der Waals surface area contributed by atoms with Gasteiger partial charge in [-0.2, -0.15) is 13.2 Å². The first kappa shape index (κ1) is 17.5. The number of amides is 1. The fourth-order valence-corrected chi connectivity index (χ4v) is 1.87. The standard InChI is InChI=1S/C16H13F3N2O3/c1-2-24-15(23)12-4-3-9-20-13(12)21-14(22)10-5-7-11(8-6-10)16(17,18)19/h3-9H,2H2,1H3,(H,20,21,22). The van der Waals surface area contributed by atoms with Crippen LogP contribution in [0.1, 0.15) is 33.2 Å². The van der Waals surface area contributed by atoms with Crippen LogP contribution in [0, 0.1) is 0 Å². The van der Waals surface area contributed by atoms with Gasteiger partial charge in [0, 0.05) is 11.8 Å². The van der Waals surface area contributed by atoms with Crippen LogP contribution in [0.2, 0.25) is 0 Å². The number of nitrogens with one attached hydrogen (secondary N) is 1. The fourth-order valence-electron chi connectivity index (χ4n) is 1.87. The molecule has 0 radical (unpaired) electrons. The second-order valence-electron chi connectivity index (χ2n) is 4.65. The molecule has 1 aromatic heterocycles. The summed E-state index contributed by atoms with van der Waals surface area (Å²) in [5, 5.41) is 2.39. The molecule has 1 N–H and O–H groups in total. The average Bonchev–Trinajstić information content (AvgIpc) is 2.55.